The van der Waals surface area contributed by atoms with Crippen molar-refractivity contribution in [2.24, 2.45) is 0 Å². The van der Waals surface area contributed by atoms with Crippen molar-refractivity contribution in [1.29, 1.82) is 0 Å². The van der Waals surface area contributed by atoms with Gasteiger partial charge in [0.2, 0.25) is 11.8 Å². The molecule has 7 nitrogen and oxygen atoms in total. The number of hydrogen-bond acceptors (Lipinski definition) is 5. The van der Waals surface area contributed by atoms with Crippen LogP contribution in [0.5, 0.6) is 5.75 Å². The van der Waals surface area contributed by atoms with E-state index in [4.69, 9.17) is 4.74 Å². The monoisotopic (exact) mass is 304 g/mol. The van der Waals surface area contributed by atoms with Gasteiger partial charge in [-0.15, -0.1) is 0 Å². The molecule has 0 bridgehead atoms. The van der Waals surface area contributed by atoms with Gasteiger partial charge in [0, 0.05) is 19.0 Å². The van der Waals surface area contributed by atoms with Crippen molar-refractivity contribution in [3.05, 3.63) is 29.3 Å². The number of ether oxygens (including phenoxy) is 1. The van der Waals surface area contributed by atoms with Crippen LogP contribution in [0, 0.1) is 0 Å². The Bertz CT molecular complexity index is 641. The second kappa shape index (κ2) is 6.38. The summed E-state index contributed by atoms with van der Waals surface area (Å²) in [4.78, 5) is 47.9. The van der Waals surface area contributed by atoms with Crippen LogP contribution in [0.3, 0.4) is 0 Å². The number of benzene rings is 1. The molecule has 2 rings (SSSR count). The van der Waals surface area contributed by atoms with Gasteiger partial charge < -0.3 is 9.64 Å². The summed E-state index contributed by atoms with van der Waals surface area (Å²) < 4.78 is 5.05. The molecule has 0 spiro atoms. The summed E-state index contributed by atoms with van der Waals surface area (Å²) in [5, 5.41) is 2.20. The molecule has 1 aromatic rings. The van der Waals surface area contributed by atoms with Crippen molar-refractivity contribution >= 4 is 24.0 Å². The van der Waals surface area contributed by atoms with Gasteiger partial charge in [0.15, 0.2) is 6.29 Å². The van der Waals surface area contributed by atoms with Crippen LogP contribution in [0.25, 0.3) is 0 Å². The summed E-state index contributed by atoms with van der Waals surface area (Å²) in [6.45, 7) is 0. The Kier molecular flexibility index (Phi) is 4.55. The van der Waals surface area contributed by atoms with Crippen LogP contribution in [0.4, 0.5) is 0 Å². The van der Waals surface area contributed by atoms with Crippen molar-refractivity contribution < 1.29 is 23.9 Å². The third kappa shape index (κ3) is 2.98. The van der Waals surface area contributed by atoms with E-state index in [1.807, 2.05) is 0 Å². The summed E-state index contributed by atoms with van der Waals surface area (Å²) >= 11 is 0. The zero-order valence-electron chi connectivity index (χ0n) is 12.3. The molecule has 1 saturated heterocycles. The predicted molar refractivity (Wildman–Crippen MR) is 76.6 cm³/mol. The predicted octanol–water partition coefficient (Wildman–Crippen LogP) is 0.385. The van der Waals surface area contributed by atoms with Crippen molar-refractivity contribution in [3.63, 3.8) is 0 Å². The third-order valence-corrected chi connectivity index (χ3v) is 3.62. The Morgan fingerprint density at radius 1 is 1.41 bits per heavy atom. The number of carbonyl (C=O) groups excluding carboxylic acids is 4. The molecule has 1 atom stereocenters. The zero-order chi connectivity index (χ0) is 16.3. The summed E-state index contributed by atoms with van der Waals surface area (Å²) in [6, 6.07) is 3.77. The van der Waals surface area contributed by atoms with E-state index in [0.717, 1.165) is 0 Å². The van der Waals surface area contributed by atoms with Crippen molar-refractivity contribution in [3.8, 4) is 5.75 Å². The lowest BCUT2D eigenvalue weighted by Crippen LogP contribution is -2.53. The number of likely N-dealkylation sites (N-methyl/N-ethyl adjacent to an activating group) is 1. The Labute approximate surface area is 127 Å². The smallest absolute Gasteiger partial charge is 0.255 e. The number of carbonyl (C=O) groups is 4. The molecule has 1 aliphatic rings. The number of nitrogens with zero attached hydrogens (tertiary/aromatic N) is 1. The van der Waals surface area contributed by atoms with Crippen LogP contribution in [-0.2, 0) is 9.59 Å². The minimum Gasteiger partial charge on any atom is -0.497 e. The Hall–Kier alpha value is -2.70. The van der Waals surface area contributed by atoms with Crippen LogP contribution >= 0.6 is 0 Å². The molecule has 0 saturated carbocycles. The van der Waals surface area contributed by atoms with Crippen LogP contribution in [-0.4, -0.2) is 49.1 Å². The van der Waals surface area contributed by atoms with E-state index < -0.39 is 17.9 Å². The molecule has 0 radical (unpaired) electrons. The number of rotatable bonds is 4. The molecule has 1 fully saturated rings. The highest BCUT2D eigenvalue weighted by atomic mass is 16.5. The first-order valence-corrected chi connectivity index (χ1v) is 6.72. The Morgan fingerprint density at radius 3 is 2.73 bits per heavy atom. The number of nitrogens with one attached hydrogen (secondary N) is 1. The number of aldehydes is 1. The standard InChI is InChI=1S/C15H16N2O5/c1-17(12-5-6-13(19)16-14(12)20)15(21)11-7-10(22-2)4-3-9(11)8-18/h3-4,7-8,12H,5-6H2,1-2H3,(H,16,19,20). The quantitative estimate of drug-likeness (QED) is 0.641. The minimum atomic E-state index is -0.740. The maximum atomic E-state index is 12.6. The first-order valence-electron chi connectivity index (χ1n) is 6.72. The zero-order valence-corrected chi connectivity index (χ0v) is 12.3. The van der Waals surface area contributed by atoms with E-state index in [-0.39, 0.29) is 29.9 Å². The fraction of sp³-hybridized carbons (Fsp3) is 0.333. The number of methoxy groups -OCH3 is 1. The topological polar surface area (TPSA) is 92.8 Å². The van der Waals surface area contributed by atoms with Gasteiger partial charge in [-0.1, -0.05) is 0 Å². The fourth-order valence-electron chi connectivity index (χ4n) is 2.33. The minimum absolute atomic E-state index is 0.154. The number of piperidine rings is 1. The van der Waals surface area contributed by atoms with Gasteiger partial charge in [-0.25, -0.2) is 0 Å². The van der Waals surface area contributed by atoms with E-state index in [2.05, 4.69) is 5.32 Å². The van der Waals surface area contributed by atoms with E-state index in [9.17, 15) is 19.2 Å². The van der Waals surface area contributed by atoms with E-state index in [1.165, 1.54) is 31.2 Å². The largest absolute Gasteiger partial charge is 0.497 e. The van der Waals surface area contributed by atoms with Gasteiger partial charge in [0.05, 0.1) is 12.7 Å². The molecule has 1 unspecified atom stereocenters. The van der Waals surface area contributed by atoms with Gasteiger partial charge in [-0.05, 0) is 24.6 Å². The van der Waals surface area contributed by atoms with Crippen LogP contribution < -0.4 is 10.1 Å². The molecule has 1 aliphatic heterocycles. The highest BCUT2D eigenvalue weighted by Crippen LogP contribution is 2.20. The third-order valence-electron chi connectivity index (χ3n) is 3.62. The van der Waals surface area contributed by atoms with Crippen molar-refractivity contribution in [2.45, 2.75) is 18.9 Å². The molecule has 3 amide bonds. The SMILES string of the molecule is COc1ccc(C=O)c(C(=O)N(C)C2CCC(=O)NC2=O)c1. The lowest BCUT2D eigenvalue weighted by atomic mass is 10.0. The number of hydrogen-bond donors (Lipinski definition) is 1. The fourth-order valence-corrected chi connectivity index (χ4v) is 2.33. The van der Waals surface area contributed by atoms with Gasteiger partial charge in [-0.2, -0.15) is 0 Å². The molecular formula is C15H16N2O5. The highest BCUT2D eigenvalue weighted by Gasteiger charge is 2.33. The lowest BCUT2D eigenvalue weighted by molar-refractivity contribution is -0.136. The van der Waals surface area contributed by atoms with Crippen molar-refractivity contribution in [1.82, 2.24) is 10.2 Å². The number of amides is 3. The summed E-state index contributed by atoms with van der Waals surface area (Å²) in [6.07, 6.45) is 1.00. The molecule has 1 N–H and O–H groups in total. The first kappa shape index (κ1) is 15.7. The molecule has 1 heterocycles. The van der Waals surface area contributed by atoms with E-state index >= 15 is 0 Å². The van der Waals surface area contributed by atoms with E-state index in [1.54, 1.807) is 6.07 Å². The van der Waals surface area contributed by atoms with Crippen LogP contribution in [0.15, 0.2) is 18.2 Å². The highest BCUT2D eigenvalue weighted by molar-refractivity contribution is 6.06. The molecule has 0 aromatic heterocycles. The lowest BCUT2D eigenvalue weighted by Gasteiger charge is -2.30. The Balaban J connectivity index is 2.29. The summed E-state index contributed by atoms with van der Waals surface area (Å²) in [5.74, 6) is -0.902. The molecule has 1 aromatic carbocycles. The first-order chi connectivity index (χ1) is 10.5. The average molecular weight is 304 g/mol. The maximum Gasteiger partial charge on any atom is 0.255 e. The maximum absolute atomic E-state index is 12.6. The molecule has 0 aliphatic carbocycles. The van der Waals surface area contributed by atoms with Gasteiger partial charge >= 0.3 is 0 Å². The van der Waals surface area contributed by atoms with Gasteiger partial charge in [0.25, 0.3) is 5.91 Å². The second-order valence-electron chi connectivity index (χ2n) is 4.95. The summed E-state index contributed by atoms with van der Waals surface area (Å²) in [7, 11) is 2.92. The number of imide groups is 1. The molecule has 22 heavy (non-hydrogen) atoms. The summed E-state index contributed by atoms with van der Waals surface area (Å²) in [5.41, 5.74) is 0.367. The van der Waals surface area contributed by atoms with Crippen LogP contribution in [0.2, 0.25) is 0 Å². The van der Waals surface area contributed by atoms with Gasteiger partial charge in [0.1, 0.15) is 11.8 Å². The van der Waals surface area contributed by atoms with E-state index in [0.29, 0.717) is 12.0 Å². The van der Waals surface area contributed by atoms with Gasteiger partial charge in [-0.3, -0.25) is 24.5 Å². The van der Waals surface area contributed by atoms with Crippen molar-refractivity contribution in [2.75, 3.05) is 14.2 Å². The second-order valence-corrected chi connectivity index (χ2v) is 4.95. The molecule has 116 valence electrons. The molecular weight excluding hydrogens is 288 g/mol. The normalized spacial score (nSPS) is 17.6. The average Bonchev–Trinajstić information content (AvgIpc) is 2.53. The molecule has 7 heteroatoms. The van der Waals surface area contributed by atoms with Crippen LogP contribution in [0.1, 0.15) is 33.6 Å². The Morgan fingerprint density at radius 2 is 2.14 bits per heavy atom.